The SMILES string of the molecule is N#CC(c1ccccc1)(c1ccc([N+](=O)[O-])cc1)C(c1ccccc1)c1ccccc1. The maximum Gasteiger partial charge on any atom is 0.269 e. The molecule has 4 heteroatoms. The zero-order valence-corrected chi connectivity index (χ0v) is 16.8. The van der Waals surface area contributed by atoms with Crippen LogP contribution in [-0.2, 0) is 5.41 Å². The van der Waals surface area contributed by atoms with Crippen LogP contribution < -0.4 is 0 Å². The van der Waals surface area contributed by atoms with Crippen molar-refractivity contribution in [1.82, 2.24) is 0 Å². The lowest BCUT2D eigenvalue weighted by molar-refractivity contribution is -0.384. The van der Waals surface area contributed by atoms with Gasteiger partial charge in [-0.05, 0) is 22.3 Å². The summed E-state index contributed by atoms with van der Waals surface area (Å²) in [5.74, 6) is -0.316. The molecule has 0 bridgehead atoms. The molecule has 0 fully saturated rings. The topological polar surface area (TPSA) is 66.9 Å². The van der Waals surface area contributed by atoms with E-state index in [2.05, 4.69) is 6.07 Å². The molecule has 0 aliphatic carbocycles. The smallest absolute Gasteiger partial charge is 0.258 e. The molecule has 0 aliphatic heterocycles. The van der Waals surface area contributed by atoms with Crippen LogP contribution in [-0.4, -0.2) is 4.92 Å². The van der Waals surface area contributed by atoms with Gasteiger partial charge in [0.2, 0.25) is 0 Å². The average molecular weight is 404 g/mol. The number of nitriles is 1. The molecular formula is C27H20N2O2. The van der Waals surface area contributed by atoms with Crippen LogP contribution in [0.5, 0.6) is 0 Å². The van der Waals surface area contributed by atoms with Crippen molar-refractivity contribution >= 4 is 5.69 Å². The monoisotopic (exact) mass is 404 g/mol. The fourth-order valence-electron chi connectivity index (χ4n) is 4.22. The van der Waals surface area contributed by atoms with Crippen LogP contribution in [0.4, 0.5) is 5.69 Å². The van der Waals surface area contributed by atoms with Gasteiger partial charge in [-0.1, -0.05) is 103 Å². The summed E-state index contributed by atoms with van der Waals surface area (Å²) in [6.07, 6.45) is 0. The Bertz CT molecular complexity index is 1160. The van der Waals surface area contributed by atoms with Crippen molar-refractivity contribution in [2.24, 2.45) is 0 Å². The Balaban J connectivity index is 2.05. The van der Waals surface area contributed by atoms with Gasteiger partial charge < -0.3 is 0 Å². The molecule has 0 aromatic heterocycles. The molecule has 0 amide bonds. The molecule has 1 unspecified atom stereocenters. The van der Waals surface area contributed by atoms with Gasteiger partial charge in [0.25, 0.3) is 5.69 Å². The first-order valence-electron chi connectivity index (χ1n) is 9.98. The Hall–Kier alpha value is -4.23. The molecule has 4 rings (SSSR count). The highest BCUT2D eigenvalue weighted by atomic mass is 16.6. The Morgan fingerprint density at radius 2 is 1.10 bits per heavy atom. The van der Waals surface area contributed by atoms with E-state index in [9.17, 15) is 15.4 Å². The van der Waals surface area contributed by atoms with E-state index in [4.69, 9.17) is 0 Å². The number of non-ortho nitro benzene ring substituents is 1. The highest BCUT2D eigenvalue weighted by Crippen LogP contribution is 2.48. The number of nitro groups is 1. The van der Waals surface area contributed by atoms with Gasteiger partial charge in [0.1, 0.15) is 5.41 Å². The summed E-state index contributed by atoms with van der Waals surface area (Å²) in [5.41, 5.74) is 2.46. The zero-order valence-electron chi connectivity index (χ0n) is 16.8. The minimum Gasteiger partial charge on any atom is -0.258 e. The normalized spacial score (nSPS) is 12.6. The lowest BCUT2D eigenvalue weighted by atomic mass is 9.62. The largest absolute Gasteiger partial charge is 0.269 e. The van der Waals surface area contributed by atoms with Crippen molar-refractivity contribution < 1.29 is 4.92 Å². The average Bonchev–Trinajstić information content (AvgIpc) is 2.84. The third-order valence-electron chi connectivity index (χ3n) is 5.64. The molecule has 0 saturated carbocycles. The quantitative estimate of drug-likeness (QED) is 0.282. The number of rotatable bonds is 6. The van der Waals surface area contributed by atoms with E-state index in [-0.39, 0.29) is 11.6 Å². The second-order valence-electron chi connectivity index (χ2n) is 7.34. The molecule has 0 spiro atoms. The zero-order chi connectivity index (χ0) is 21.7. The summed E-state index contributed by atoms with van der Waals surface area (Å²) in [6.45, 7) is 0. The predicted molar refractivity (Wildman–Crippen MR) is 121 cm³/mol. The molecule has 0 saturated heterocycles. The summed E-state index contributed by atoms with van der Waals surface area (Å²) in [7, 11) is 0. The number of nitrogens with zero attached hydrogens (tertiary/aromatic N) is 2. The molecule has 0 heterocycles. The van der Waals surface area contributed by atoms with E-state index in [1.807, 2.05) is 91.0 Å². The van der Waals surface area contributed by atoms with Gasteiger partial charge in [0.15, 0.2) is 0 Å². The number of benzene rings is 4. The minimum atomic E-state index is -1.08. The van der Waals surface area contributed by atoms with Gasteiger partial charge in [-0.15, -0.1) is 0 Å². The van der Waals surface area contributed by atoms with Gasteiger partial charge in [-0.3, -0.25) is 10.1 Å². The molecule has 4 nitrogen and oxygen atoms in total. The number of hydrogen-bond acceptors (Lipinski definition) is 3. The van der Waals surface area contributed by atoms with Gasteiger partial charge in [-0.2, -0.15) is 5.26 Å². The fraction of sp³-hybridized carbons (Fsp3) is 0.0741. The lowest BCUT2D eigenvalue weighted by Gasteiger charge is -2.37. The molecule has 0 radical (unpaired) electrons. The van der Waals surface area contributed by atoms with Crippen LogP contribution in [0.2, 0.25) is 0 Å². The van der Waals surface area contributed by atoms with Crippen molar-refractivity contribution in [3.05, 3.63) is 148 Å². The van der Waals surface area contributed by atoms with Crippen molar-refractivity contribution in [1.29, 1.82) is 5.26 Å². The highest BCUT2D eigenvalue weighted by molar-refractivity contribution is 5.56. The van der Waals surface area contributed by atoms with E-state index in [0.29, 0.717) is 5.56 Å². The summed E-state index contributed by atoms with van der Waals surface area (Å²) in [5, 5.41) is 22.0. The molecule has 150 valence electrons. The Morgan fingerprint density at radius 1 is 0.677 bits per heavy atom. The van der Waals surface area contributed by atoms with Gasteiger partial charge >= 0.3 is 0 Å². The van der Waals surface area contributed by atoms with Gasteiger partial charge in [0.05, 0.1) is 11.0 Å². The predicted octanol–water partition coefficient (Wildman–Crippen LogP) is 6.24. The van der Waals surface area contributed by atoms with Crippen LogP contribution in [0.1, 0.15) is 28.2 Å². The van der Waals surface area contributed by atoms with E-state index in [0.717, 1.165) is 16.7 Å². The van der Waals surface area contributed by atoms with Crippen LogP contribution in [0.25, 0.3) is 0 Å². The first-order chi connectivity index (χ1) is 15.2. The maximum atomic E-state index is 11.2. The van der Waals surface area contributed by atoms with Crippen molar-refractivity contribution in [2.45, 2.75) is 11.3 Å². The van der Waals surface area contributed by atoms with Crippen molar-refractivity contribution in [3.8, 4) is 6.07 Å². The molecule has 0 N–H and O–H groups in total. The van der Waals surface area contributed by atoms with E-state index >= 15 is 0 Å². The van der Waals surface area contributed by atoms with Crippen LogP contribution in [0.3, 0.4) is 0 Å². The van der Waals surface area contributed by atoms with Crippen molar-refractivity contribution in [3.63, 3.8) is 0 Å². The first-order valence-corrected chi connectivity index (χ1v) is 9.98. The van der Waals surface area contributed by atoms with E-state index in [1.165, 1.54) is 12.1 Å². The summed E-state index contributed by atoms with van der Waals surface area (Å²) in [6, 6.07) is 38.5. The second-order valence-corrected chi connectivity index (χ2v) is 7.34. The Kier molecular flexibility index (Phi) is 5.59. The third kappa shape index (κ3) is 3.70. The molecule has 1 atom stereocenters. The number of hydrogen-bond donors (Lipinski definition) is 0. The maximum absolute atomic E-state index is 11.2. The van der Waals surface area contributed by atoms with Crippen LogP contribution in [0, 0.1) is 21.4 Å². The van der Waals surface area contributed by atoms with Gasteiger partial charge in [-0.25, -0.2) is 0 Å². The van der Waals surface area contributed by atoms with Crippen LogP contribution in [0.15, 0.2) is 115 Å². The first kappa shape index (κ1) is 20.1. The van der Waals surface area contributed by atoms with Crippen molar-refractivity contribution in [2.75, 3.05) is 0 Å². The van der Waals surface area contributed by atoms with E-state index in [1.54, 1.807) is 12.1 Å². The molecule has 0 aliphatic rings. The molecular weight excluding hydrogens is 384 g/mol. The number of nitro benzene ring substituents is 1. The van der Waals surface area contributed by atoms with Crippen LogP contribution >= 0.6 is 0 Å². The molecule has 31 heavy (non-hydrogen) atoms. The Labute approximate surface area is 181 Å². The molecule has 4 aromatic carbocycles. The summed E-state index contributed by atoms with van der Waals surface area (Å²) < 4.78 is 0. The second kappa shape index (κ2) is 8.64. The molecule has 4 aromatic rings. The summed E-state index contributed by atoms with van der Waals surface area (Å²) >= 11 is 0. The minimum absolute atomic E-state index is 0.000348. The lowest BCUT2D eigenvalue weighted by Crippen LogP contribution is -2.34. The standard InChI is InChI=1S/C27H20N2O2/c28-20-27(23-14-8-3-9-15-23,24-16-18-25(19-17-24)29(30)31)26(21-10-4-1-5-11-21)22-12-6-2-7-13-22/h1-19,26H. The Morgan fingerprint density at radius 3 is 1.52 bits per heavy atom. The highest BCUT2D eigenvalue weighted by Gasteiger charge is 2.44. The third-order valence-corrected chi connectivity index (χ3v) is 5.64. The fourth-order valence-corrected chi connectivity index (χ4v) is 4.22. The summed E-state index contributed by atoms with van der Waals surface area (Å²) in [4.78, 5) is 10.8. The van der Waals surface area contributed by atoms with E-state index < -0.39 is 10.3 Å². The van der Waals surface area contributed by atoms with Gasteiger partial charge in [0, 0.05) is 18.1 Å².